The van der Waals surface area contributed by atoms with Crippen molar-refractivity contribution in [3.8, 4) is 0 Å². The van der Waals surface area contributed by atoms with E-state index in [-0.39, 0.29) is 5.56 Å². The van der Waals surface area contributed by atoms with Crippen LogP contribution in [0, 0.1) is 5.82 Å². The second-order valence-corrected chi connectivity index (χ2v) is 3.31. The maximum Gasteiger partial charge on any atom is 0.147 e. The Balaban J connectivity index is 2.40. The van der Waals surface area contributed by atoms with Gasteiger partial charge in [0.05, 0.1) is 12.3 Å². The minimum atomic E-state index is -0.815. The van der Waals surface area contributed by atoms with E-state index in [1.165, 1.54) is 12.3 Å². The fraction of sp³-hybridized carbons (Fsp3) is 0.545. The first-order valence-electron chi connectivity index (χ1n) is 5.11. The van der Waals surface area contributed by atoms with Crippen molar-refractivity contribution in [3.63, 3.8) is 0 Å². The van der Waals surface area contributed by atoms with Gasteiger partial charge in [-0.1, -0.05) is 6.92 Å². The SMILES string of the molecule is CCCOCCC(O)c1ccncc1F. The lowest BCUT2D eigenvalue weighted by molar-refractivity contribution is 0.0806. The largest absolute Gasteiger partial charge is 0.388 e. The Kier molecular flexibility index (Phi) is 5.21. The zero-order chi connectivity index (χ0) is 11.1. The number of ether oxygens (including phenoxy) is 1. The van der Waals surface area contributed by atoms with Gasteiger partial charge in [-0.25, -0.2) is 4.39 Å². The maximum absolute atomic E-state index is 13.2. The molecule has 0 amide bonds. The van der Waals surface area contributed by atoms with Crippen molar-refractivity contribution in [3.05, 3.63) is 29.8 Å². The number of aliphatic hydroxyl groups is 1. The van der Waals surface area contributed by atoms with Crippen LogP contribution in [0.25, 0.3) is 0 Å². The van der Waals surface area contributed by atoms with Crippen LogP contribution < -0.4 is 0 Å². The molecule has 1 heterocycles. The molecule has 0 fully saturated rings. The predicted molar refractivity (Wildman–Crippen MR) is 54.9 cm³/mol. The molecule has 1 atom stereocenters. The highest BCUT2D eigenvalue weighted by atomic mass is 19.1. The van der Waals surface area contributed by atoms with Crippen molar-refractivity contribution in [1.82, 2.24) is 4.98 Å². The predicted octanol–water partition coefficient (Wildman–Crippen LogP) is 2.07. The third-order valence-corrected chi connectivity index (χ3v) is 2.05. The van der Waals surface area contributed by atoms with Crippen LogP contribution in [0.4, 0.5) is 4.39 Å². The Labute approximate surface area is 88.9 Å². The van der Waals surface area contributed by atoms with E-state index >= 15 is 0 Å². The van der Waals surface area contributed by atoms with Crippen molar-refractivity contribution >= 4 is 0 Å². The zero-order valence-corrected chi connectivity index (χ0v) is 8.82. The average Bonchev–Trinajstić information content (AvgIpc) is 2.25. The molecule has 0 bridgehead atoms. The number of pyridine rings is 1. The second-order valence-electron chi connectivity index (χ2n) is 3.31. The number of rotatable bonds is 6. The van der Waals surface area contributed by atoms with Crippen molar-refractivity contribution < 1.29 is 14.2 Å². The minimum Gasteiger partial charge on any atom is -0.388 e. The molecule has 1 unspecified atom stereocenters. The van der Waals surface area contributed by atoms with Gasteiger partial charge < -0.3 is 9.84 Å². The molecule has 1 rings (SSSR count). The summed E-state index contributed by atoms with van der Waals surface area (Å²) in [5.41, 5.74) is 0.282. The molecule has 4 heteroatoms. The molecule has 0 radical (unpaired) electrons. The molecule has 1 aromatic heterocycles. The molecule has 0 aromatic carbocycles. The van der Waals surface area contributed by atoms with Gasteiger partial charge in [-0.05, 0) is 12.5 Å². The minimum absolute atomic E-state index is 0.282. The lowest BCUT2D eigenvalue weighted by Crippen LogP contribution is -2.06. The highest BCUT2D eigenvalue weighted by molar-refractivity contribution is 5.15. The van der Waals surface area contributed by atoms with Crippen LogP contribution >= 0.6 is 0 Å². The van der Waals surface area contributed by atoms with E-state index in [9.17, 15) is 9.50 Å². The van der Waals surface area contributed by atoms with Crippen LogP contribution in [0.3, 0.4) is 0 Å². The summed E-state index contributed by atoms with van der Waals surface area (Å²) in [4.78, 5) is 3.62. The summed E-state index contributed by atoms with van der Waals surface area (Å²) in [7, 11) is 0. The van der Waals surface area contributed by atoms with E-state index in [0.29, 0.717) is 19.6 Å². The van der Waals surface area contributed by atoms with E-state index < -0.39 is 11.9 Å². The summed E-state index contributed by atoms with van der Waals surface area (Å²) in [6, 6.07) is 1.49. The second kappa shape index (κ2) is 6.48. The van der Waals surface area contributed by atoms with Gasteiger partial charge in [0.2, 0.25) is 0 Å². The Morgan fingerprint density at radius 1 is 1.53 bits per heavy atom. The highest BCUT2D eigenvalue weighted by Gasteiger charge is 2.11. The lowest BCUT2D eigenvalue weighted by Gasteiger charge is -2.11. The number of hydrogen-bond donors (Lipinski definition) is 1. The smallest absolute Gasteiger partial charge is 0.147 e. The monoisotopic (exact) mass is 213 g/mol. The van der Waals surface area contributed by atoms with Crippen LogP contribution in [-0.2, 0) is 4.74 Å². The standard InChI is InChI=1S/C11H16FNO2/c1-2-6-15-7-4-11(14)9-3-5-13-8-10(9)12/h3,5,8,11,14H,2,4,6-7H2,1H3. The molecular weight excluding hydrogens is 197 g/mol. The fourth-order valence-electron chi connectivity index (χ4n) is 1.25. The molecule has 0 saturated heterocycles. The summed E-state index contributed by atoms with van der Waals surface area (Å²) in [6.45, 7) is 3.13. The summed E-state index contributed by atoms with van der Waals surface area (Å²) < 4.78 is 18.4. The van der Waals surface area contributed by atoms with Crippen molar-refractivity contribution in [2.45, 2.75) is 25.9 Å². The molecule has 0 spiro atoms. The third-order valence-electron chi connectivity index (χ3n) is 2.05. The number of aromatic nitrogens is 1. The van der Waals surface area contributed by atoms with Gasteiger partial charge in [-0.2, -0.15) is 0 Å². The first-order valence-corrected chi connectivity index (χ1v) is 5.11. The molecule has 0 aliphatic rings. The van der Waals surface area contributed by atoms with E-state index in [1.54, 1.807) is 0 Å². The normalized spacial score (nSPS) is 12.7. The van der Waals surface area contributed by atoms with Crippen LogP contribution in [0.2, 0.25) is 0 Å². The fourth-order valence-corrected chi connectivity index (χ4v) is 1.25. The molecule has 1 aromatic rings. The van der Waals surface area contributed by atoms with Crippen molar-refractivity contribution in [1.29, 1.82) is 0 Å². The van der Waals surface area contributed by atoms with Crippen LogP contribution in [0.15, 0.2) is 18.5 Å². The molecular formula is C11H16FNO2. The van der Waals surface area contributed by atoms with Gasteiger partial charge in [0, 0.05) is 31.4 Å². The number of halogens is 1. The van der Waals surface area contributed by atoms with Gasteiger partial charge in [-0.3, -0.25) is 4.98 Å². The average molecular weight is 213 g/mol. The van der Waals surface area contributed by atoms with Gasteiger partial charge >= 0.3 is 0 Å². The van der Waals surface area contributed by atoms with E-state index in [2.05, 4.69) is 4.98 Å². The molecule has 0 aliphatic heterocycles. The molecule has 0 saturated carbocycles. The van der Waals surface area contributed by atoms with E-state index in [0.717, 1.165) is 12.6 Å². The third kappa shape index (κ3) is 3.93. The Morgan fingerprint density at radius 2 is 2.33 bits per heavy atom. The van der Waals surface area contributed by atoms with E-state index in [4.69, 9.17) is 4.74 Å². The van der Waals surface area contributed by atoms with Crippen LogP contribution in [-0.4, -0.2) is 23.3 Å². The van der Waals surface area contributed by atoms with E-state index in [1.807, 2.05) is 6.92 Å². The highest BCUT2D eigenvalue weighted by Crippen LogP contribution is 2.18. The van der Waals surface area contributed by atoms with Gasteiger partial charge in [0.15, 0.2) is 0 Å². The summed E-state index contributed by atoms with van der Waals surface area (Å²) in [5, 5.41) is 9.65. The number of aliphatic hydroxyl groups excluding tert-OH is 1. The maximum atomic E-state index is 13.2. The van der Waals surface area contributed by atoms with Crippen molar-refractivity contribution in [2.24, 2.45) is 0 Å². The summed E-state index contributed by atoms with van der Waals surface area (Å²) in [6.07, 6.45) is 3.10. The lowest BCUT2D eigenvalue weighted by atomic mass is 10.1. The zero-order valence-electron chi connectivity index (χ0n) is 8.82. The van der Waals surface area contributed by atoms with Crippen molar-refractivity contribution in [2.75, 3.05) is 13.2 Å². The van der Waals surface area contributed by atoms with Gasteiger partial charge in [-0.15, -0.1) is 0 Å². The van der Waals surface area contributed by atoms with Crippen LogP contribution in [0.5, 0.6) is 0 Å². The quantitative estimate of drug-likeness (QED) is 0.735. The topological polar surface area (TPSA) is 42.4 Å². The molecule has 15 heavy (non-hydrogen) atoms. The molecule has 84 valence electrons. The van der Waals surface area contributed by atoms with Gasteiger partial charge in [0.25, 0.3) is 0 Å². The number of nitrogens with zero attached hydrogens (tertiary/aromatic N) is 1. The van der Waals surface area contributed by atoms with Crippen LogP contribution in [0.1, 0.15) is 31.4 Å². The van der Waals surface area contributed by atoms with Gasteiger partial charge in [0.1, 0.15) is 5.82 Å². The first-order chi connectivity index (χ1) is 7.25. The molecule has 1 N–H and O–H groups in total. The Bertz CT molecular complexity index is 294. The Hall–Kier alpha value is -1.00. The summed E-state index contributed by atoms with van der Waals surface area (Å²) >= 11 is 0. The summed E-state index contributed by atoms with van der Waals surface area (Å²) in [5.74, 6) is -0.472. The molecule has 3 nitrogen and oxygen atoms in total. The first kappa shape index (κ1) is 12.1. The Morgan fingerprint density at radius 3 is 3.00 bits per heavy atom. The number of hydrogen-bond acceptors (Lipinski definition) is 3. The molecule has 0 aliphatic carbocycles.